The summed E-state index contributed by atoms with van der Waals surface area (Å²) < 4.78 is 14.3. The first-order valence-electron chi connectivity index (χ1n) is 11.1. The van der Waals surface area contributed by atoms with Crippen LogP contribution >= 0.6 is 0 Å². The van der Waals surface area contributed by atoms with Crippen LogP contribution in [0.3, 0.4) is 0 Å². The van der Waals surface area contributed by atoms with E-state index in [1.54, 1.807) is 4.68 Å². The molecule has 7 heteroatoms. The molecule has 0 bridgehead atoms. The van der Waals surface area contributed by atoms with Gasteiger partial charge in [-0.15, -0.1) is 0 Å². The van der Waals surface area contributed by atoms with Gasteiger partial charge in [-0.25, -0.2) is 4.39 Å². The number of aromatic nitrogens is 4. The number of piperidine rings is 1. The van der Waals surface area contributed by atoms with Crippen molar-refractivity contribution in [2.24, 2.45) is 18.4 Å². The van der Waals surface area contributed by atoms with E-state index in [1.165, 1.54) is 0 Å². The van der Waals surface area contributed by atoms with Crippen LogP contribution in [0.5, 0.6) is 0 Å². The van der Waals surface area contributed by atoms with Gasteiger partial charge in [-0.3, -0.25) is 9.48 Å². The van der Waals surface area contributed by atoms with Crippen molar-refractivity contribution in [2.75, 3.05) is 26.3 Å². The monoisotopic (exact) mass is 421 g/mol. The lowest BCUT2D eigenvalue weighted by molar-refractivity contribution is -0.132. The Bertz CT molecular complexity index is 1090. The second-order valence-corrected chi connectivity index (χ2v) is 9.29. The molecule has 3 aromatic rings. The van der Waals surface area contributed by atoms with Crippen molar-refractivity contribution in [3.05, 3.63) is 42.4 Å². The molecule has 0 atom stereocenters. The number of rotatable bonds is 6. The van der Waals surface area contributed by atoms with Crippen LogP contribution in [0.15, 0.2) is 36.7 Å². The van der Waals surface area contributed by atoms with Gasteiger partial charge in [0.05, 0.1) is 23.8 Å². The van der Waals surface area contributed by atoms with E-state index in [0.29, 0.717) is 18.4 Å². The van der Waals surface area contributed by atoms with E-state index in [0.717, 1.165) is 66.5 Å². The minimum atomic E-state index is -0.273. The largest absolute Gasteiger partial charge is 0.301 e. The number of alkyl halides is 1. The molecule has 1 spiro atoms. The Balaban J connectivity index is 1.23. The van der Waals surface area contributed by atoms with E-state index in [-0.39, 0.29) is 18.4 Å². The highest BCUT2D eigenvalue weighted by Crippen LogP contribution is 2.53. The molecule has 31 heavy (non-hydrogen) atoms. The SMILES string of the molecule is Cn1cc(-c2ccc3nnc(CC(=O)C4CC5(CCN(CCF)CC5)C4)cc3c2)cn1. The number of halogens is 1. The molecule has 162 valence electrons. The number of hydrogen-bond acceptors (Lipinski definition) is 5. The Morgan fingerprint density at radius 3 is 2.68 bits per heavy atom. The van der Waals surface area contributed by atoms with Gasteiger partial charge in [-0.2, -0.15) is 15.3 Å². The zero-order chi connectivity index (χ0) is 21.4. The van der Waals surface area contributed by atoms with Gasteiger partial charge in [0.2, 0.25) is 0 Å². The molecular weight excluding hydrogens is 393 g/mol. The van der Waals surface area contributed by atoms with Gasteiger partial charge >= 0.3 is 0 Å². The van der Waals surface area contributed by atoms with Crippen molar-refractivity contribution in [3.63, 3.8) is 0 Å². The Labute approximate surface area is 181 Å². The third kappa shape index (κ3) is 4.11. The molecule has 5 rings (SSSR count). The van der Waals surface area contributed by atoms with Crippen molar-refractivity contribution in [1.29, 1.82) is 0 Å². The van der Waals surface area contributed by atoms with E-state index in [1.807, 2.05) is 37.6 Å². The first-order valence-corrected chi connectivity index (χ1v) is 11.1. The Kier molecular flexibility index (Phi) is 5.30. The lowest BCUT2D eigenvalue weighted by Crippen LogP contribution is -2.49. The highest BCUT2D eigenvalue weighted by atomic mass is 19.1. The van der Waals surface area contributed by atoms with Crippen LogP contribution in [0.1, 0.15) is 31.4 Å². The van der Waals surface area contributed by atoms with Crippen molar-refractivity contribution >= 4 is 16.7 Å². The second-order valence-electron chi connectivity index (χ2n) is 9.29. The normalized spacial score (nSPS) is 19.0. The average Bonchev–Trinajstić information content (AvgIpc) is 3.19. The maximum Gasteiger partial charge on any atom is 0.142 e. The number of benzene rings is 1. The molecule has 0 N–H and O–H groups in total. The molecule has 0 amide bonds. The number of carbonyl (C=O) groups is 1. The summed E-state index contributed by atoms with van der Waals surface area (Å²) in [5.74, 6) is 0.404. The minimum Gasteiger partial charge on any atom is -0.301 e. The Hall–Kier alpha value is -2.67. The fourth-order valence-electron chi connectivity index (χ4n) is 5.24. The topological polar surface area (TPSA) is 63.9 Å². The molecule has 1 aliphatic heterocycles. The van der Waals surface area contributed by atoms with Gasteiger partial charge in [0.25, 0.3) is 0 Å². The van der Waals surface area contributed by atoms with Gasteiger partial charge < -0.3 is 4.90 Å². The summed E-state index contributed by atoms with van der Waals surface area (Å²) in [6.07, 6.45) is 8.29. The van der Waals surface area contributed by atoms with E-state index in [2.05, 4.69) is 26.3 Å². The summed E-state index contributed by atoms with van der Waals surface area (Å²) in [5, 5.41) is 13.9. The van der Waals surface area contributed by atoms with Crippen molar-refractivity contribution < 1.29 is 9.18 Å². The standard InChI is InChI=1S/C24H28FN5O/c1-29-16-20(15-26-29)17-2-3-22-18(10-17)11-21(27-28-22)12-23(31)19-13-24(14-19)4-7-30(8-5-24)9-6-25/h2-3,10-11,15-16,19H,4-9,12-14H2,1H3. The summed E-state index contributed by atoms with van der Waals surface area (Å²) >= 11 is 0. The Morgan fingerprint density at radius 2 is 1.97 bits per heavy atom. The smallest absolute Gasteiger partial charge is 0.142 e. The van der Waals surface area contributed by atoms with Crippen LogP contribution in [-0.2, 0) is 18.3 Å². The molecule has 1 saturated carbocycles. The number of carbonyl (C=O) groups excluding carboxylic acids is 1. The van der Waals surface area contributed by atoms with E-state index < -0.39 is 0 Å². The van der Waals surface area contributed by atoms with Crippen LogP contribution in [0.2, 0.25) is 0 Å². The van der Waals surface area contributed by atoms with Crippen LogP contribution < -0.4 is 0 Å². The lowest BCUT2D eigenvalue weighted by Gasteiger charge is -2.51. The number of hydrogen-bond donors (Lipinski definition) is 0. The van der Waals surface area contributed by atoms with Crippen LogP contribution in [0.4, 0.5) is 4.39 Å². The fraction of sp³-hybridized carbons (Fsp3) is 0.500. The fourth-order valence-corrected chi connectivity index (χ4v) is 5.24. The molecule has 6 nitrogen and oxygen atoms in total. The van der Waals surface area contributed by atoms with E-state index in [4.69, 9.17) is 0 Å². The van der Waals surface area contributed by atoms with E-state index in [9.17, 15) is 9.18 Å². The molecule has 1 saturated heterocycles. The number of fused-ring (bicyclic) bond motifs is 1. The van der Waals surface area contributed by atoms with Crippen molar-refractivity contribution in [3.8, 4) is 11.1 Å². The third-order valence-corrected chi connectivity index (χ3v) is 7.16. The number of aryl methyl sites for hydroxylation is 1. The molecule has 1 aliphatic carbocycles. The first-order chi connectivity index (χ1) is 15.0. The molecule has 0 unspecified atom stereocenters. The molecular formula is C24H28FN5O. The molecule has 2 aromatic heterocycles. The molecule has 1 aromatic carbocycles. The Morgan fingerprint density at radius 1 is 1.16 bits per heavy atom. The number of nitrogens with zero attached hydrogens (tertiary/aromatic N) is 5. The van der Waals surface area contributed by atoms with Gasteiger partial charge in [0.1, 0.15) is 12.5 Å². The van der Waals surface area contributed by atoms with Gasteiger partial charge in [0, 0.05) is 36.7 Å². The quantitative estimate of drug-likeness (QED) is 0.609. The molecule has 3 heterocycles. The summed E-state index contributed by atoms with van der Waals surface area (Å²) in [5.41, 5.74) is 3.99. The maximum absolute atomic E-state index is 12.9. The van der Waals surface area contributed by atoms with Crippen molar-refractivity contribution in [1.82, 2.24) is 24.9 Å². The third-order valence-electron chi connectivity index (χ3n) is 7.16. The second kappa shape index (κ2) is 8.11. The summed E-state index contributed by atoms with van der Waals surface area (Å²) in [7, 11) is 1.90. The highest BCUT2D eigenvalue weighted by Gasteiger charge is 2.47. The predicted molar refractivity (Wildman–Crippen MR) is 117 cm³/mol. The first kappa shape index (κ1) is 20.2. The zero-order valence-electron chi connectivity index (χ0n) is 17.9. The van der Waals surface area contributed by atoms with Crippen LogP contribution in [0, 0.1) is 11.3 Å². The van der Waals surface area contributed by atoms with Crippen LogP contribution in [0.25, 0.3) is 22.0 Å². The maximum atomic E-state index is 12.9. The molecule has 2 fully saturated rings. The van der Waals surface area contributed by atoms with Gasteiger partial charge in [-0.1, -0.05) is 6.07 Å². The summed E-state index contributed by atoms with van der Waals surface area (Å²) in [4.78, 5) is 15.1. The summed E-state index contributed by atoms with van der Waals surface area (Å²) in [6.45, 7) is 2.19. The lowest BCUT2D eigenvalue weighted by atomic mass is 9.56. The zero-order valence-corrected chi connectivity index (χ0v) is 17.9. The van der Waals surface area contributed by atoms with Crippen molar-refractivity contribution in [2.45, 2.75) is 32.1 Å². The molecule has 0 radical (unpaired) electrons. The van der Waals surface area contributed by atoms with Crippen LogP contribution in [-0.4, -0.2) is 57.0 Å². The highest BCUT2D eigenvalue weighted by molar-refractivity contribution is 5.87. The molecule has 2 aliphatic rings. The van der Waals surface area contributed by atoms with E-state index >= 15 is 0 Å². The number of likely N-dealkylation sites (tertiary alicyclic amines) is 1. The predicted octanol–water partition coefficient (Wildman–Crippen LogP) is 3.60. The van der Waals surface area contributed by atoms with Gasteiger partial charge in [0.15, 0.2) is 0 Å². The summed E-state index contributed by atoms with van der Waals surface area (Å²) in [6, 6.07) is 8.05. The van der Waals surface area contributed by atoms with Gasteiger partial charge in [-0.05, 0) is 68.0 Å². The minimum absolute atomic E-state index is 0.131. The average molecular weight is 422 g/mol. The number of ketones is 1. The number of Topliss-reactive ketones (excluding diaryl/α,β-unsaturated/α-hetero) is 1.